The average Bonchev–Trinajstić information content (AvgIpc) is 3.68. The summed E-state index contributed by atoms with van der Waals surface area (Å²) in [7, 11) is 1.53. The molecule has 5 aliphatic rings. The first-order valence-corrected chi connectivity index (χ1v) is 27.5. The van der Waals surface area contributed by atoms with E-state index < -0.39 is 47.3 Å². The second kappa shape index (κ2) is 25.1. The Morgan fingerprint density at radius 3 is 2.44 bits per heavy atom. The molecule has 82 heavy (non-hydrogen) atoms. The lowest BCUT2D eigenvalue weighted by Gasteiger charge is -2.34. The SMILES string of the molecule is C=N.CO[C@@H](C)COc1nc(N2CC3CC2CN3)c2cc(C(F)(F)F)c(C3=C(C)C(F)=CC/C3=C\N)c(OCc3ccc(C4CN(C(C(=O)N5CCCC5C(=O)NC(CO)c5ccc(-c6ccncc6C)cc5)C(C)C)N=N4)cc3)c2n1. The Labute approximate surface area is 474 Å². The Bertz CT molecular complexity index is 3280. The van der Waals surface area contributed by atoms with Crippen LogP contribution in [-0.2, 0) is 27.1 Å². The summed E-state index contributed by atoms with van der Waals surface area (Å²) in [5.74, 6) is -1.48. The molecule has 7 atom stereocenters. The molecule has 0 spiro atoms. The number of rotatable bonds is 18. The highest BCUT2D eigenvalue weighted by Crippen LogP contribution is 2.51. The number of amides is 2. The smallest absolute Gasteiger partial charge is 0.417 e. The molecule has 3 fully saturated rings. The Kier molecular flexibility index (Phi) is 18.0. The van der Waals surface area contributed by atoms with Gasteiger partial charge in [-0.15, -0.1) is 0 Å². The van der Waals surface area contributed by atoms with E-state index in [4.69, 9.17) is 35.3 Å². The third kappa shape index (κ3) is 12.1. The number of aliphatic hydroxyl groups excluding tert-OH is 1. The first-order valence-electron chi connectivity index (χ1n) is 27.5. The number of carbonyl (C=O) groups is 2. The molecule has 1 aliphatic carbocycles. The second-order valence-corrected chi connectivity index (χ2v) is 21.6. The molecule has 0 radical (unpaired) electrons. The molecule has 6 N–H and O–H groups in total. The van der Waals surface area contributed by atoms with Crippen LogP contribution in [0, 0.1) is 18.3 Å². The number of pyridine rings is 1. The van der Waals surface area contributed by atoms with Crippen molar-refractivity contribution < 1.29 is 46.5 Å². The van der Waals surface area contributed by atoms with Crippen LogP contribution in [0.15, 0.2) is 113 Å². The topological polar surface area (TPSA) is 229 Å². The van der Waals surface area contributed by atoms with Crippen molar-refractivity contribution in [3.63, 3.8) is 0 Å². The maximum absolute atomic E-state index is 15.8. The summed E-state index contributed by atoms with van der Waals surface area (Å²) >= 11 is 0. The number of anilines is 1. The van der Waals surface area contributed by atoms with Gasteiger partial charge in [0.25, 0.3) is 0 Å². The van der Waals surface area contributed by atoms with E-state index in [1.54, 1.807) is 41.4 Å². The number of hydrogen-bond acceptors (Lipinski definition) is 16. The number of aryl methyl sites for hydroxylation is 1. The van der Waals surface area contributed by atoms with Crippen molar-refractivity contribution in [2.75, 3.05) is 51.4 Å². The summed E-state index contributed by atoms with van der Waals surface area (Å²) < 4.78 is 81.0. The number of ether oxygens (including phenoxy) is 3. The van der Waals surface area contributed by atoms with Crippen LogP contribution in [0.25, 0.3) is 27.6 Å². The van der Waals surface area contributed by atoms with Crippen molar-refractivity contribution in [2.24, 2.45) is 22.0 Å². The monoisotopic (exact) mass is 1130 g/mol. The van der Waals surface area contributed by atoms with Crippen molar-refractivity contribution in [2.45, 2.75) is 115 Å². The minimum Gasteiger partial charge on any atom is -0.486 e. The van der Waals surface area contributed by atoms with Gasteiger partial charge in [0.2, 0.25) is 11.8 Å². The molecule has 22 heteroatoms. The number of carbonyl (C=O) groups excluding carboxylic acids is 2. The Morgan fingerprint density at radius 1 is 1.04 bits per heavy atom. The molecule has 434 valence electrons. The lowest BCUT2D eigenvalue weighted by Crippen LogP contribution is -2.54. The van der Waals surface area contributed by atoms with E-state index in [9.17, 15) is 14.7 Å². The van der Waals surface area contributed by atoms with Crippen LogP contribution in [0.2, 0.25) is 0 Å². The average molecular weight is 1130 g/mol. The van der Waals surface area contributed by atoms with Gasteiger partial charge < -0.3 is 50.9 Å². The molecule has 5 aromatic rings. The molecule has 4 aliphatic heterocycles. The highest BCUT2D eigenvalue weighted by atomic mass is 19.4. The highest BCUT2D eigenvalue weighted by molar-refractivity contribution is 6.02. The number of allylic oxidation sites excluding steroid dienone is 5. The number of aromatic nitrogens is 3. The van der Waals surface area contributed by atoms with Crippen LogP contribution in [-0.4, -0.2) is 125 Å². The van der Waals surface area contributed by atoms with Gasteiger partial charge in [0.15, 0.2) is 5.75 Å². The standard InChI is InChI=1S/C59H67F4N11O6.CH3N/c1-32(2)53(57(77)72-21-7-8-49(72)56(76)67-48(29-75)39-15-13-37(14-16-39)43-19-20-65-25-33(43)3)74-28-47(70-71-74)38-11-9-36(10-12-38)31-79-54-51(50-35(5)46(60)18-17-40(50)24-64)45(59(61,62)63)23-44-52(54)68-58(80-30-34(4)78-6)69-55(44)73-27-41-22-42(73)26-66-41;1-2/h9-16,18-20,23-25,32,34,41-42,47-49,53,66,75H,7-8,17,21-22,26-31,64H2,1-6H3,(H,67,76);2H,1H2/b40-24+;/t34-,41?,42?,47?,48?,49?,53?;/m0./s1. The van der Waals surface area contributed by atoms with E-state index in [-0.39, 0.29) is 114 Å². The molecule has 3 saturated heterocycles. The van der Waals surface area contributed by atoms with Crippen molar-refractivity contribution in [1.82, 2.24) is 35.5 Å². The molecule has 3 aromatic carbocycles. The van der Waals surface area contributed by atoms with Gasteiger partial charge in [0.05, 0.1) is 30.9 Å². The molecule has 0 saturated carbocycles. The second-order valence-electron chi connectivity index (χ2n) is 21.6. The van der Waals surface area contributed by atoms with Crippen LogP contribution in [0.1, 0.15) is 98.8 Å². The normalized spacial score (nSPS) is 21.2. The zero-order chi connectivity index (χ0) is 58.6. The number of methoxy groups -OCH3 is 1. The first-order chi connectivity index (χ1) is 39.5. The summed E-state index contributed by atoms with van der Waals surface area (Å²) in [5, 5.41) is 33.2. The van der Waals surface area contributed by atoms with Crippen LogP contribution in [0.4, 0.5) is 23.4 Å². The van der Waals surface area contributed by atoms with E-state index in [1.807, 2.05) is 68.1 Å². The molecule has 18 nitrogen and oxygen atoms in total. The Hall–Kier alpha value is -7.82. The molecule has 10 rings (SSSR count). The number of fused-ring (bicyclic) bond motifs is 3. The lowest BCUT2D eigenvalue weighted by atomic mass is 9.84. The van der Waals surface area contributed by atoms with E-state index in [0.717, 1.165) is 40.3 Å². The number of alkyl halides is 3. The summed E-state index contributed by atoms with van der Waals surface area (Å²) in [4.78, 5) is 45.8. The number of benzene rings is 3. The van der Waals surface area contributed by atoms with E-state index in [2.05, 4.69) is 32.7 Å². The zero-order valence-electron chi connectivity index (χ0n) is 46.8. The van der Waals surface area contributed by atoms with Crippen molar-refractivity contribution >= 4 is 40.8 Å². The van der Waals surface area contributed by atoms with Gasteiger partial charge in [-0.05, 0) is 134 Å². The Morgan fingerprint density at radius 2 is 1.79 bits per heavy atom. The highest BCUT2D eigenvalue weighted by Gasteiger charge is 2.45. The Balaban J connectivity index is 0.00000401. The summed E-state index contributed by atoms with van der Waals surface area (Å²) in [6, 6.07) is 15.2. The number of nitrogens with two attached hydrogens (primary N) is 1. The number of aliphatic hydroxyl groups is 1. The van der Waals surface area contributed by atoms with E-state index in [1.165, 1.54) is 26.3 Å². The van der Waals surface area contributed by atoms with Crippen molar-refractivity contribution in [1.29, 1.82) is 5.41 Å². The summed E-state index contributed by atoms with van der Waals surface area (Å²) in [6.45, 7) is 12.8. The summed E-state index contributed by atoms with van der Waals surface area (Å²) in [6.07, 6.45) is 2.50. The molecule has 2 bridgehead atoms. The molecule has 6 unspecified atom stereocenters. The van der Waals surface area contributed by atoms with Gasteiger partial charge >= 0.3 is 12.2 Å². The number of likely N-dealkylation sites (tertiary alicyclic amines) is 1. The van der Waals surface area contributed by atoms with Gasteiger partial charge in [-0.3, -0.25) is 19.6 Å². The van der Waals surface area contributed by atoms with Gasteiger partial charge in [-0.25, -0.2) is 4.39 Å². The maximum Gasteiger partial charge on any atom is 0.417 e. The zero-order valence-corrected chi connectivity index (χ0v) is 46.8. The van der Waals surface area contributed by atoms with Gasteiger partial charge in [-0.1, -0.05) is 67.6 Å². The van der Waals surface area contributed by atoms with Crippen molar-refractivity contribution in [3.05, 3.63) is 136 Å². The third-order valence-electron chi connectivity index (χ3n) is 16.0. The molecule has 2 aromatic heterocycles. The fraction of sp³-hybridized carbons (Fsp3) is 0.433. The minimum absolute atomic E-state index is 0.0386. The largest absolute Gasteiger partial charge is 0.486 e. The molecular weight excluding hydrogens is 1060 g/mol. The number of piperazine rings is 1. The quantitative estimate of drug-likeness (QED) is 0.0408. The maximum atomic E-state index is 15.8. The predicted octanol–water partition coefficient (Wildman–Crippen LogP) is 9.29. The van der Waals surface area contributed by atoms with E-state index in [0.29, 0.717) is 38.0 Å². The lowest BCUT2D eigenvalue weighted by molar-refractivity contribution is -0.144. The molecule has 2 amide bonds. The molecule has 6 heterocycles. The molecular formula is C60H70F4N12O6. The fourth-order valence-electron chi connectivity index (χ4n) is 11.6. The predicted molar refractivity (Wildman–Crippen MR) is 303 cm³/mol. The number of halogens is 4. The van der Waals surface area contributed by atoms with Gasteiger partial charge in [0.1, 0.15) is 48.5 Å². The van der Waals surface area contributed by atoms with Crippen LogP contribution in [0.3, 0.4) is 0 Å². The minimum atomic E-state index is -4.95. The van der Waals surface area contributed by atoms with Crippen LogP contribution < -0.4 is 30.7 Å². The van der Waals surface area contributed by atoms with Gasteiger partial charge in [0, 0.05) is 62.2 Å². The first kappa shape index (κ1) is 58.8. The fourth-order valence-corrected chi connectivity index (χ4v) is 11.6. The number of nitrogens with zero attached hydrogens (tertiary/aromatic N) is 8. The summed E-state index contributed by atoms with van der Waals surface area (Å²) in [5.41, 5.74) is 9.99. The van der Waals surface area contributed by atoms with Gasteiger partial charge in [-0.2, -0.15) is 28.3 Å². The number of nitrogens with one attached hydrogen (secondary N) is 3. The van der Waals surface area contributed by atoms with E-state index >= 15 is 17.6 Å². The number of hydrogen-bond donors (Lipinski definition) is 5. The van der Waals surface area contributed by atoms with Crippen molar-refractivity contribution in [3.8, 4) is 22.9 Å². The van der Waals surface area contributed by atoms with Crippen LogP contribution in [0.5, 0.6) is 11.8 Å². The van der Waals surface area contributed by atoms with Crippen LogP contribution >= 0.6 is 0 Å². The third-order valence-corrected chi connectivity index (χ3v) is 16.0.